The molecular weight excluding hydrogens is 1080 g/mol. The van der Waals surface area contributed by atoms with Gasteiger partial charge in [0.05, 0.1) is 32.5 Å². The van der Waals surface area contributed by atoms with Crippen molar-refractivity contribution in [3.63, 3.8) is 0 Å². The van der Waals surface area contributed by atoms with E-state index in [1.807, 2.05) is 0 Å². The second kappa shape index (κ2) is 32.9. The summed E-state index contributed by atoms with van der Waals surface area (Å²) < 4.78 is 83.8. The number of esters is 1. The van der Waals surface area contributed by atoms with Gasteiger partial charge in [-0.25, -0.2) is 4.18 Å². The zero-order valence-corrected chi connectivity index (χ0v) is 46.1. The van der Waals surface area contributed by atoms with E-state index in [0.717, 1.165) is 66.2 Å². The molecule has 4 aliphatic rings. The molecule has 0 aromatic rings. The Hall–Kier alpha value is -3.64. The molecule has 29 nitrogen and oxygen atoms in total. The van der Waals surface area contributed by atoms with E-state index in [1.165, 1.54) is 25.7 Å². The summed E-state index contributed by atoms with van der Waals surface area (Å²) in [6.07, 6.45) is -10.7. The lowest BCUT2D eigenvalue weighted by Crippen LogP contribution is -2.71. The predicted molar refractivity (Wildman–Crippen MR) is 269 cm³/mol. The number of carbonyl (C=O) groups excluding carboxylic acids is 5. The minimum atomic E-state index is -5.16. The number of nitrogens with one attached hydrogen (secondary N) is 4. The molecule has 79 heavy (non-hydrogen) atoms. The molecule has 0 spiro atoms. The Morgan fingerprint density at radius 3 is 1.56 bits per heavy atom. The lowest BCUT2D eigenvalue weighted by atomic mass is 9.89. The van der Waals surface area contributed by atoms with E-state index < -0.39 is 189 Å². The van der Waals surface area contributed by atoms with Crippen LogP contribution in [0.3, 0.4) is 0 Å². The van der Waals surface area contributed by atoms with Crippen LogP contribution in [0.5, 0.6) is 0 Å². The second-order valence-electron chi connectivity index (χ2n) is 20.3. The lowest BCUT2D eigenvalue weighted by molar-refractivity contribution is -0.364. The molecule has 12 unspecified atom stereocenters. The summed E-state index contributed by atoms with van der Waals surface area (Å²) in [5.74, 6) is -3.66. The van der Waals surface area contributed by atoms with Gasteiger partial charge in [-0.2, -0.15) is 8.42 Å². The summed E-state index contributed by atoms with van der Waals surface area (Å²) >= 11 is 0. The van der Waals surface area contributed by atoms with Gasteiger partial charge in [0.15, 0.2) is 25.2 Å². The van der Waals surface area contributed by atoms with Gasteiger partial charge in [0.1, 0.15) is 91.3 Å². The van der Waals surface area contributed by atoms with Gasteiger partial charge in [0.2, 0.25) is 23.6 Å². The Kier molecular flexibility index (Phi) is 28.2. The van der Waals surface area contributed by atoms with Crippen LogP contribution in [0, 0.1) is 0 Å². The number of allylic oxidation sites excluding steroid dienone is 2. The minimum absolute atomic E-state index is 0.0398. The van der Waals surface area contributed by atoms with E-state index in [4.69, 9.17) is 37.9 Å². The van der Waals surface area contributed by atoms with Crippen molar-refractivity contribution in [3.05, 3.63) is 12.2 Å². The van der Waals surface area contributed by atoms with Crippen molar-refractivity contribution >= 4 is 40.0 Å². The molecule has 4 aliphatic heterocycles. The Bertz CT molecular complexity index is 2060. The first-order valence-electron chi connectivity index (χ1n) is 26.7. The van der Waals surface area contributed by atoms with Gasteiger partial charge in [-0.05, 0) is 32.1 Å². The number of hydrogen-bond acceptors (Lipinski definition) is 24. The number of unbranched alkanes of at least 4 members (excludes halogenated alkanes) is 9. The van der Waals surface area contributed by atoms with Crippen LogP contribution in [-0.4, -0.2) is 232 Å². The van der Waals surface area contributed by atoms with Crippen molar-refractivity contribution in [2.45, 2.75) is 234 Å². The number of aliphatic hydroxyl groups is 8. The van der Waals surface area contributed by atoms with E-state index in [9.17, 15) is 77.8 Å². The number of rotatable bonds is 31. The highest BCUT2D eigenvalue weighted by molar-refractivity contribution is 7.80. The largest absolute Gasteiger partial charge is 0.463 e. The molecule has 456 valence electrons. The molecule has 0 aromatic heterocycles. The SMILES string of the molecule is CCCCCC/C=C\CCCCCCCC(=O)NC1C(O)CC(CO)(COC(C)=O)O[C@H]1O[C@@H]1C(CO)O[C@@H](O[C@@H]2C(CO)O[C@@H](O[C@@H]3C(COS(=O)(=O)O)O[C@@H](O)C(NC(C)=O)C3O)C(NC(C)=O)C2O)C(NC(C)=O)C1O. The molecule has 0 bridgehead atoms. The summed E-state index contributed by atoms with van der Waals surface area (Å²) in [5, 5.41) is 99.4. The fourth-order valence-electron chi connectivity index (χ4n) is 9.79. The standard InChI is InChI=1S/C49H84N4O25S/c1-6-7-8-9-10-11-12-13-14-15-16-17-18-19-34(62)53-35-30(61)20-49(24-56,25-70-29(5)60)78-48(35)77-43-32(22-55)74-46(38(41(43)65)52-28(4)59)75-42-31(21-54)73-47(37(40(42)64)51-27(3)58)76-44-33(23-71-79(67,68)69)72-45(66)36(39(44)63)50-26(2)57/h11-12,30-33,35-48,54-56,61,63-66H,6-10,13-25H2,1-5H3,(H,50,57)(H,51,58)(H,52,59)(H,53,62)(H,67,68,69)/b12-11-/t30?,31?,32?,33?,35?,36?,37?,38?,39?,40?,41?,42-,43-,44-,45-,46+,47+,48-,49?/m1/s1. The van der Waals surface area contributed by atoms with Crippen molar-refractivity contribution in [1.82, 2.24) is 21.3 Å². The van der Waals surface area contributed by atoms with Crippen LogP contribution < -0.4 is 21.3 Å². The summed E-state index contributed by atoms with van der Waals surface area (Å²) in [6, 6.07) is -6.53. The van der Waals surface area contributed by atoms with E-state index in [2.05, 4.69) is 44.5 Å². The molecule has 4 amide bonds. The summed E-state index contributed by atoms with van der Waals surface area (Å²) in [7, 11) is -5.16. The first-order chi connectivity index (χ1) is 37.4. The molecule has 0 aromatic carbocycles. The Morgan fingerprint density at radius 2 is 1.08 bits per heavy atom. The van der Waals surface area contributed by atoms with Crippen LogP contribution in [0.2, 0.25) is 0 Å². The topological polar surface area (TPSA) is 433 Å². The molecule has 4 saturated heterocycles. The molecule has 13 N–H and O–H groups in total. The fraction of sp³-hybridized carbons (Fsp3) is 0.857. The Labute approximate surface area is 459 Å². The molecule has 4 heterocycles. The normalized spacial score (nSPS) is 35.1. The second-order valence-corrected chi connectivity index (χ2v) is 21.4. The molecule has 4 rings (SSSR count). The maximum atomic E-state index is 13.5. The van der Waals surface area contributed by atoms with Gasteiger partial charge >= 0.3 is 16.4 Å². The van der Waals surface area contributed by atoms with Crippen LogP contribution in [0.4, 0.5) is 0 Å². The first-order valence-corrected chi connectivity index (χ1v) is 28.1. The third kappa shape index (κ3) is 20.9. The Balaban J connectivity index is 1.56. The number of carbonyl (C=O) groups is 5. The van der Waals surface area contributed by atoms with Gasteiger partial charge in [-0.15, -0.1) is 0 Å². The maximum Gasteiger partial charge on any atom is 0.397 e. The van der Waals surface area contributed by atoms with Gasteiger partial charge in [-0.1, -0.05) is 57.6 Å². The fourth-order valence-corrected chi connectivity index (χ4v) is 10.1. The summed E-state index contributed by atoms with van der Waals surface area (Å²) in [5.41, 5.74) is -1.83. The third-order valence-electron chi connectivity index (χ3n) is 13.7. The minimum Gasteiger partial charge on any atom is -0.463 e. The molecule has 19 atom stereocenters. The van der Waals surface area contributed by atoms with Crippen LogP contribution in [0.15, 0.2) is 12.2 Å². The van der Waals surface area contributed by atoms with E-state index in [-0.39, 0.29) is 12.8 Å². The third-order valence-corrected chi connectivity index (χ3v) is 14.2. The van der Waals surface area contributed by atoms with Crippen LogP contribution >= 0.6 is 0 Å². The van der Waals surface area contributed by atoms with Crippen molar-refractivity contribution < 1.29 is 120 Å². The smallest absolute Gasteiger partial charge is 0.397 e. The van der Waals surface area contributed by atoms with Gasteiger partial charge in [0, 0.05) is 40.5 Å². The van der Waals surface area contributed by atoms with Gasteiger partial charge in [0.25, 0.3) is 0 Å². The molecule has 4 fully saturated rings. The number of amides is 4. The van der Waals surface area contributed by atoms with Crippen molar-refractivity contribution in [2.24, 2.45) is 0 Å². The van der Waals surface area contributed by atoms with E-state index >= 15 is 0 Å². The zero-order chi connectivity index (χ0) is 58.6. The molecular formula is C49H84N4O25S. The van der Waals surface area contributed by atoms with Crippen LogP contribution in [-0.2, 0) is 76.4 Å². The summed E-state index contributed by atoms with van der Waals surface area (Å²) in [6.45, 7) is 1.84. The highest BCUT2D eigenvalue weighted by Crippen LogP contribution is 2.37. The molecule has 30 heteroatoms. The predicted octanol–water partition coefficient (Wildman–Crippen LogP) is -3.15. The maximum absolute atomic E-state index is 13.5. The lowest BCUT2D eigenvalue weighted by Gasteiger charge is -2.51. The highest BCUT2D eigenvalue weighted by atomic mass is 32.3. The average Bonchev–Trinajstić information content (AvgIpc) is 3.48. The monoisotopic (exact) mass is 1160 g/mol. The summed E-state index contributed by atoms with van der Waals surface area (Å²) in [4.78, 5) is 62.8. The van der Waals surface area contributed by atoms with Crippen LogP contribution in [0.1, 0.15) is 118 Å². The number of ether oxygens (including phenoxy) is 8. The van der Waals surface area contributed by atoms with Crippen LogP contribution in [0.25, 0.3) is 0 Å². The number of hydrogen-bond donors (Lipinski definition) is 13. The van der Waals surface area contributed by atoms with Crippen molar-refractivity contribution in [2.75, 3.05) is 33.0 Å². The zero-order valence-electron chi connectivity index (χ0n) is 45.2. The Morgan fingerprint density at radius 1 is 0.608 bits per heavy atom. The first kappa shape index (κ1) is 67.9. The van der Waals surface area contributed by atoms with Gasteiger partial charge in [-0.3, -0.25) is 28.5 Å². The van der Waals surface area contributed by atoms with Crippen molar-refractivity contribution in [3.8, 4) is 0 Å². The molecule has 0 saturated carbocycles. The van der Waals surface area contributed by atoms with Crippen molar-refractivity contribution in [1.29, 1.82) is 0 Å². The van der Waals surface area contributed by atoms with E-state index in [0.29, 0.717) is 6.42 Å². The number of aliphatic hydroxyl groups excluding tert-OH is 8. The van der Waals surface area contributed by atoms with E-state index in [1.54, 1.807) is 0 Å². The van der Waals surface area contributed by atoms with Gasteiger partial charge < -0.3 is 100 Å². The molecule has 0 aliphatic carbocycles. The quantitative estimate of drug-likeness (QED) is 0.0141. The highest BCUT2D eigenvalue weighted by Gasteiger charge is 2.57. The average molecular weight is 1160 g/mol. The molecule has 0 radical (unpaired) electrons.